The molecule has 3 heteroatoms. The van der Waals surface area contributed by atoms with Crippen molar-refractivity contribution in [3.05, 3.63) is 64.7 Å². The van der Waals surface area contributed by atoms with Crippen molar-refractivity contribution in [2.45, 2.75) is 27.7 Å². The molecular weight excluding hydrogens is 300 g/mol. The largest absolute Gasteiger partial charge is 0.493 e. The van der Waals surface area contributed by atoms with Gasteiger partial charge in [-0.15, -0.1) is 0 Å². The van der Waals surface area contributed by atoms with Crippen LogP contribution in [0.3, 0.4) is 0 Å². The monoisotopic (exact) mass is 324 g/mol. The highest BCUT2D eigenvalue weighted by molar-refractivity contribution is 6.21. The second-order valence-electron chi connectivity index (χ2n) is 6.46. The van der Waals surface area contributed by atoms with Gasteiger partial charge in [0.2, 0.25) is 0 Å². The van der Waals surface area contributed by atoms with Gasteiger partial charge in [-0.3, -0.25) is 0 Å². The Labute approximate surface area is 143 Å². The van der Waals surface area contributed by atoms with Crippen LogP contribution in [-0.4, -0.2) is 17.7 Å². The Kier molecular flexibility index (Phi) is 5.80. The Morgan fingerprint density at radius 3 is 2.38 bits per heavy atom. The number of carbonyl (C=O) groups is 1. The number of carboxylic acid groups (broad SMARTS) is 1. The summed E-state index contributed by atoms with van der Waals surface area (Å²) in [5.74, 6) is 0.334. The van der Waals surface area contributed by atoms with Gasteiger partial charge in [-0.25, -0.2) is 4.79 Å². The lowest BCUT2D eigenvalue weighted by atomic mass is 9.96. The van der Waals surface area contributed by atoms with Gasteiger partial charge in [0.1, 0.15) is 5.75 Å². The Balaban J connectivity index is 2.31. The summed E-state index contributed by atoms with van der Waals surface area (Å²) in [6, 6.07) is 13.3. The van der Waals surface area contributed by atoms with Crippen molar-refractivity contribution in [2.24, 2.45) is 5.92 Å². The van der Waals surface area contributed by atoms with E-state index in [4.69, 9.17) is 4.74 Å². The van der Waals surface area contributed by atoms with E-state index in [-0.39, 0.29) is 0 Å². The van der Waals surface area contributed by atoms with Gasteiger partial charge in [0.25, 0.3) is 0 Å². The van der Waals surface area contributed by atoms with Gasteiger partial charge in [0, 0.05) is 0 Å². The molecule has 24 heavy (non-hydrogen) atoms. The lowest BCUT2D eigenvalue weighted by Crippen LogP contribution is -2.04. The molecule has 0 unspecified atom stereocenters. The van der Waals surface area contributed by atoms with Crippen molar-refractivity contribution in [2.75, 3.05) is 6.61 Å². The van der Waals surface area contributed by atoms with E-state index in [1.807, 2.05) is 56.3 Å². The zero-order valence-corrected chi connectivity index (χ0v) is 14.7. The molecule has 0 aliphatic carbocycles. The lowest BCUT2D eigenvalue weighted by Gasteiger charge is -2.10. The molecule has 0 radical (unpaired) electrons. The number of carboxylic acids is 1. The lowest BCUT2D eigenvalue weighted by molar-refractivity contribution is -0.130. The minimum atomic E-state index is -0.927. The van der Waals surface area contributed by atoms with E-state index in [0.29, 0.717) is 18.1 Å². The summed E-state index contributed by atoms with van der Waals surface area (Å²) in [5, 5.41) is 9.61. The summed E-state index contributed by atoms with van der Waals surface area (Å²) in [7, 11) is 0. The predicted octanol–water partition coefficient (Wildman–Crippen LogP) is 4.96. The first-order valence-electron chi connectivity index (χ1n) is 8.12. The van der Waals surface area contributed by atoms with E-state index in [2.05, 4.69) is 13.8 Å². The molecule has 0 spiro atoms. The van der Waals surface area contributed by atoms with Gasteiger partial charge in [-0.05, 0) is 54.7 Å². The smallest absolute Gasteiger partial charge is 0.336 e. The average molecular weight is 324 g/mol. The zero-order valence-electron chi connectivity index (χ0n) is 14.7. The van der Waals surface area contributed by atoms with Gasteiger partial charge >= 0.3 is 5.97 Å². The zero-order chi connectivity index (χ0) is 17.7. The molecule has 0 saturated carbocycles. The van der Waals surface area contributed by atoms with E-state index >= 15 is 0 Å². The third-order valence-corrected chi connectivity index (χ3v) is 3.69. The fraction of sp³-hybridized carbons (Fsp3) is 0.286. The van der Waals surface area contributed by atoms with Gasteiger partial charge in [-0.1, -0.05) is 49.7 Å². The molecule has 3 nitrogen and oxygen atoms in total. The van der Waals surface area contributed by atoms with Crippen molar-refractivity contribution in [3.63, 3.8) is 0 Å². The summed E-state index contributed by atoms with van der Waals surface area (Å²) in [6.07, 6.45) is 1.70. The molecule has 126 valence electrons. The third kappa shape index (κ3) is 4.72. The molecule has 1 N–H and O–H groups in total. The fourth-order valence-electron chi connectivity index (χ4n) is 2.37. The number of hydrogen-bond acceptors (Lipinski definition) is 2. The highest BCUT2D eigenvalue weighted by Gasteiger charge is 2.13. The highest BCUT2D eigenvalue weighted by atomic mass is 16.5. The summed E-state index contributed by atoms with van der Waals surface area (Å²) >= 11 is 0. The van der Waals surface area contributed by atoms with Crippen molar-refractivity contribution >= 4 is 17.6 Å². The minimum absolute atomic E-state index is 0.298. The molecule has 0 heterocycles. The Morgan fingerprint density at radius 1 is 1.12 bits per heavy atom. The first kappa shape index (κ1) is 17.8. The van der Waals surface area contributed by atoms with E-state index < -0.39 is 5.97 Å². The van der Waals surface area contributed by atoms with Crippen LogP contribution in [0.25, 0.3) is 11.6 Å². The van der Waals surface area contributed by atoms with Gasteiger partial charge < -0.3 is 9.84 Å². The van der Waals surface area contributed by atoms with Crippen LogP contribution in [-0.2, 0) is 4.79 Å². The Bertz CT molecular complexity index is 740. The van der Waals surface area contributed by atoms with Crippen LogP contribution in [0.15, 0.2) is 42.5 Å². The van der Waals surface area contributed by atoms with Crippen LogP contribution in [0.1, 0.15) is 36.1 Å². The highest BCUT2D eigenvalue weighted by Crippen LogP contribution is 2.24. The molecular formula is C21H24O3. The maximum absolute atomic E-state index is 11.7. The van der Waals surface area contributed by atoms with E-state index in [1.165, 1.54) is 0 Å². The number of ether oxygens (including phenoxy) is 1. The van der Waals surface area contributed by atoms with Crippen LogP contribution < -0.4 is 4.74 Å². The number of aliphatic carboxylic acids is 1. The number of rotatable bonds is 6. The van der Waals surface area contributed by atoms with E-state index in [1.54, 1.807) is 6.08 Å². The molecule has 2 rings (SSSR count). The first-order valence-corrected chi connectivity index (χ1v) is 8.12. The molecule has 0 aliphatic heterocycles. The van der Waals surface area contributed by atoms with Crippen LogP contribution in [0.5, 0.6) is 5.75 Å². The fourth-order valence-corrected chi connectivity index (χ4v) is 2.37. The number of benzene rings is 2. The van der Waals surface area contributed by atoms with Crippen molar-refractivity contribution in [1.82, 2.24) is 0 Å². The van der Waals surface area contributed by atoms with Crippen molar-refractivity contribution in [3.8, 4) is 5.75 Å². The summed E-state index contributed by atoms with van der Waals surface area (Å²) < 4.78 is 5.66. The molecule has 0 fully saturated rings. The molecule has 0 aliphatic rings. The Morgan fingerprint density at radius 2 is 1.79 bits per heavy atom. The molecule has 0 amide bonds. The SMILES string of the molecule is Cc1ccc(C)c(/C(=C/c2ccc(OCC(C)C)cc2)C(=O)O)c1. The molecule has 0 aromatic heterocycles. The Hall–Kier alpha value is -2.55. The van der Waals surface area contributed by atoms with Crippen LogP contribution in [0.2, 0.25) is 0 Å². The minimum Gasteiger partial charge on any atom is -0.493 e. The molecule has 0 saturated heterocycles. The van der Waals surface area contributed by atoms with Crippen molar-refractivity contribution in [1.29, 1.82) is 0 Å². The van der Waals surface area contributed by atoms with Crippen LogP contribution in [0, 0.1) is 19.8 Å². The van der Waals surface area contributed by atoms with Gasteiger partial charge in [0.15, 0.2) is 0 Å². The van der Waals surface area contributed by atoms with Crippen molar-refractivity contribution < 1.29 is 14.6 Å². The summed E-state index contributed by atoms with van der Waals surface area (Å²) in [4.78, 5) is 11.7. The van der Waals surface area contributed by atoms with Crippen LogP contribution >= 0.6 is 0 Å². The second-order valence-corrected chi connectivity index (χ2v) is 6.46. The topological polar surface area (TPSA) is 46.5 Å². The summed E-state index contributed by atoms with van der Waals surface area (Å²) in [5.41, 5.74) is 3.88. The normalized spacial score (nSPS) is 11.6. The third-order valence-electron chi connectivity index (χ3n) is 3.69. The first-order chi connectivity index (χ1) is 11.4. The molecule has 2 aromatic carbocycles. The molecule has 0 bridgehead atoms. The maximum atomic E-state index is 11.7. The van der Waals surface area contributed by atoms with E-state index in [9.17, 15) is 9.90 Å². The molecule has 2 aromatic rings. The molecule has 0 atom stereocenters. The summed E-state index contributed by atoms with van der Waals surface area (Å²) in [6.45, 7) is 8.75. The predicted molar refractivity (Wildman–Crippen MR) is 98.2 cm³/mol. The quantitative estimate of drug-likeness (QED) is 0.603. The van der Waals surface area contributed by atoms with Gasteiger partial charge in [-0.2, -0.15) is 0 Å². The van der Waals surface area contributed by atoms with Gasteiger partial charge in [0.05, 0.1) is 12.2 Å². The maximum Gasteiger partial charge on any atom is 0.336 e. The standard InChI is InChI=1S/C21H24O3/c1-14(2)13-24-18-9-7-17(8-10-18)12-20(21(22)23)19-11-15(3)5-6-16(19)4/h5-12,14H,13H2,1-4H3,(H,22,23)/b20-12-. The average Bonchev–Trinajstić information content (AvgIpc) is 2.54. The number of aryl methyl sites for hydroxylation is 2. The second kappa shape index (κ2) is 7.82. The van der Waals surface area contributed by atoms with E-state index in [0.717, 1.165) is 28.0 Å². The number of hydrogen-bond donors (Lipinski definition) is 1. The van der Waals surface area contributed by atoms with Crippen LogP contribution in [0.4, 0.5) is 0 Å².